The Morgan fingerprint density at radius 2 is 1.95 bits per heavy atom. The average molecular weight is 368 g/mol. The summed E-state index contributed by atoms with van der Waals surface area (Å²) in [5.74, 6) is 0.0157. The van der Waals surface area contributed by atoms with Crippen LogP contribution in [0.3, 0.4) is 0 Å². The molecule has 3 N–H and O–H groups in total. The number of halogens is 2. The highest BCUT2D eigenvalue weighted by Gasteiger charge is 2.20. The third-order valence-electron chi connectivity index (χ3n) is 2.29. The van der Waals surface area contributed by atoms with Crippen molar-refractivity contribution in [1.82, 2.24) is 5.32 Å². The predicted octanol–water partition coefficient (Wildman–Crippen LogP) is 3.21. The minimum Gasteiger partial charge on any atom is -0.355 e. The predicted molar refractivity (Wildman–Crippen MR) is 88.0 cm³/mol. The maximum atomic E-state index is 11.4. The van der Waals surface area contributed by atoms with Crippen LogP contribution in [0.25, 0.3) is 0 Å². The summed E-state index contributed by atoms with van der Waals surface area (Å²) in [7, 11) is 0. The lowest BCUT2D eigenvalue weighted by atomic mass is 10.2. The molecule has 0 atom stereocenters. The first-order valence-electron chi connectivity index (χ1n) is 5.84. The van der Waals surface area contributed by atoms with Crippen molar-refractivity contribution >= 4 is 46.0 Å². The number of rotatable bonds is 6. The van der Waals surface area contributed by atoms with Crippen LogP contribution in [0.2, 0.25) is 0 Å². The molecule has 1 rings (SSSR count). The molecular formula is C13H20BrClN2OS. The summed E-state index contributed by atoms with van der Waals surface area (Å²) in [5, 5.41) is 2.91. The Bertz CT molecular complexity index is 398. The molecule has 6 heteroatoms. The van der Waals surface area contributed by atoms with Gasteiger partial charge in [-0.15, -0.1) is 24.2 Å². The molecule has 0 saturated heterocycles. The monoisotopic (exact) mass is 366 g/mol. The van der Waals surface area contributed by atoms with Crippen LogP contribution < -0.4 is 11.1 Å². The van der Waals surface area contributed by atoms with E-state index >= 15 is 0 Å². The van der Waals surface area contributed by atoms with E-state index in [1.165, 1.54) is 4.90 Å². The highest BCUT2D eigenvalue weighted by molar-refractivity contribution is 9.10. The maximum Gasteiger partial charge on any atom is 0.221 e. The Morgan fingerprint density at radius 3 is 2.47 bits per heavy atom. The number of thioether (sulfide) groups is 1. The maximum absolute atomic E-state index is 11.4. The lowest BCUT2D eigenvalue weighted by Gasteiger charge is -2.24. The molecule has 0 saturated carbocycles. The fraction of sp³-hybridized carbons (Fsp3) is 0.462. The molecule has 1 amide bonds. The van der Waals surface area contributed by atoms with Crippen molar-refractivity contribution in [1.29, 1.82) is 0 Å². The number of nitrogens with two attached hydrogens (primary N) is 1. The van der Waals surface area contributed by atoms with Gasteiger partial charge in [-0.2, -0.15) is 0 Å². The van der Waals surface area contributed by atoms with Gasteiger partial charge in [0.25, 0.3) is 0 Å². The topological polar surface area (TPSA) is 55.1 Å². The first-order valence-corrected chi connectivity index (χ1v) is 7.45. The number of carbonyl (C=O) groups excluding carboxylic acids is 1. The molecule has 1 aromatic carbocycles. The Labute approximate surface area is 133 Å². The van der Waals surface area contributed by atoms with Gasteiger partial charge in [0.2, 0.25) is 5.91 Å². The minimum atomic E-state index is -0.0436. The van der Waals surface area contributed by atoms with Crippen LogP contribution in [0.5, 0.6) is 0 Å². The van der Waals surface area contributed by atoms with E-state index in [-0.39, 0.29) is 23.1 Å². The van der Waals surface area contributed by atoms with Gasteiger partial charge in [-0.3, -0.25) is 4.79 Å². The van der Waals surface area contributed by atoms with E-state index in [2.05, 4.69) is 47.2 Å². The fourth-order valence-corrected chi connectivity index (χ4v) is 2.71. The summed E-state index contributed by atoms with van der Waals surface area (Å²) < 4.78 is 1.03. The van der Waals surface area contributed by atoms with E-state index in [9.17, 15) is 4.79 Å². The largest absolute Gasteiger partial charge is 0.355 e. The molecule has 0 heterocycles. The van der Waals surface area contributed by atoms with Crippen molar-refractivity contribution in [3.05, 3.63) is 28.7 Å². The molecule has 0 spiro atoms. The van der Waals surface area contributed by atoms with E-state index in [1.54, 1.807) is 11.8 Å². The van der Waals surface area contributed by atoms with E-state index in [0.29, 0.717) is 19.5 Å². The molecule has 0 aliphatic rings. The number of hydrogen-bond donors (Lipinski definition) is 2. The van der Waals surface area contributed by atoms with E-state index in [4.69, 9.17) is 5.73 Å². The number of amides is 1. The number of hydrogen-bond acceptors (Lipinski definition) is 3. The van der Waals surface area contributed by atoms with Gasteiger partial charge in [-0.05, 0) is 38.1 Å². The van der Waals surface area contributed by atoms with Crippen LogP contribution in [-0.2, 0) is 4.79 Å². The molecule has 0 aliphatic carbocycles. The summed E-state index contributed by atoms with van der Waals surface area (Å²) in [6.07, 6.45) is 0.388. The molecule has 1 aromatic rings. The zero-order valence-electron chi connectivity index (χ0n) is 11.1. The molecule has 0 radical (unpaired) electrons. The Hall–Kier alpha value is -0.230. The van der Waals surface area contributed by atoms with Crippen molar-refractivity contribution in [2.75, 3.05) is 13.1 Å². The van der Waals surface area contributed by atoms with Crippen LogP contribution in [0.1, 0.15) is 20.3 Å². The van der Waals surface area contributed by atoms with Crippen LogP contribution in [0, 0.1) is 0 Å². The summed E-state index contributed by atoms with van der Waals surface area (Å²) in [4.78, 5) is 12.6. The van der Waals surface area contributed by atoms with Crippen LogP contribution in [0.15, 0.2) is 33.6 Å². The smallest absolute Gasteiger partial charge is 0.221 e. The summed E-state index contributed by atoms with van der Waals surface area (Å²) >= 11 is 5.16. The van der Waals surface area contributed by atoms with Gasteiger partial charge in [0.15, 0.2) is 0 Å². The first-order chi connectivity index (χ1) is 8.43. The summed E-state index contributed by atoms with van der Waals surface area (Å²) in [6.45, 7) is 5.25. The lowest BCUT2D eigenvalue weighted by Crippen LogP contribution is -2.36. The zero-order chi connectivity index (χ0) is 13.6. The normalized spacial score (nSPS) is 10.7. The van der Waals surface area contributed by atoms with Crippen LogP contribution in [-0.4, -0.2) is 23.7 Å². The van der Waals surface area contributed by atoms with Gasteiger partial charge in [0, 0.05) is 33.6 Å². The average Bonchev–Trinajstić information content (AvgIpc) is 2.30. The molecule has 19 heavy (non-hydrogen) atoms. The molecule has 0 bridgehead atoms. The van der Waals surface area contributed by atoms with Crippen molar-refractivity contribution in [3.8, 4) is 0 Å². The minimum absolute atomic E-state index is 0. The molecular weight excluding hydrogens is 348 g/mol. The highest BCUT2D eigenvalue weighted by Crippen LogP contribution is 2.32. The van der Waals surface area contributed by atoms with Gasteiger partial charge in [-0.25, -0.2) is 0 Å². The number of nitrogens with one attached hydrogen (secondary N) is 1. The Balaban J connectivity index is 0.00000324. The summed E-state index contributed by atoms with van der Waals surface area (Å²) in [5.41, 5.74) is 5.34. The van der Waals surface area contributed by atoms with Crippen molar-refractivity contribution in [3.63, 3.8) is 0 Å². The molecule has 0 fully saturated rings. The second kappa shape index (κ2) is 8.84. The van der Waals surface area contributed by atoms with Gasteiger partial charge in [0.05, 0.1) is 0 Å². The zero-order valence-corrected chi connectivity index (χ0v) is 14.3. The molecule has 3 nitrogen and oxygen atoms in total. The third-order valence-corrected chi connectivity index (χ3v) is 4.02. The first kappa shape index (κ1) is 18.8. The number of carbonyl (C=O) groups is 1. The second-order valence-corrected chi connectivity index (χ2v) is 7.33. The second-order valence-electron chi connectivity index (χ2n) is 4.63. The SMILES string of the molecule is CC(C)(CNC(=O)CCN)Sc1ccc(Br)cc1.Cl. The fourth-order valence-electron chi connectivity index (χ4n) is 1.39. The molecule has 108 valence electrons. The van der Waals surface area contributed by atoms with Gasteiger partial charge < -0.3 is 11.1 Å². The molecule has 0 unspecified atom stereocenters. The quantitative estimate of drug-likeness (QED) is 0.759. The Kier molecular flexibility index (Phi) is 8.74. The molecule has 0 aliphatic heterocycles. The highest BCUT2D eigenvalue weighted by atomic mass is 79.9. The van der Waals surface area contributed by atoms with Crippen LogP contribution >= 0.6 is 40.1 Å². The van der Waals surface area contributed by atoms with Crippen LogP contribution in [0.4, 0.5) is 0 Å². The molecule has 0 aromatic heterocycles. The van der Waals surface area contributed by atoms with E-state index < -0.39 is 0 Å². The van der Waals surface area contributed by atoms with Crippen molar-refractivity contribution in [2.45, 2.75) is 29.9 Å². The standard InChI is InChI=1S/C13H19BrN2OS.ClH/c1-13(2,9-16-12(17)7-8-15)18-11-5-3-10(14)4-6-11;/h3-6H,7-9,15H2,1-2H3,(H,16,17);1H. The van der Waals surface area contributed by atoms with Crippen molar-refractivity contribution < 1.29 is 4.79 Å². The van der Waals surface area contributed by atoms with Gasteiger partial charge in [0.1, 0.15) is 0 Å². The van der Waals surface area contributed by atoms with E-state index in [0.717, 1.165) is 4.47 Å². The van der Waals surface area contributed by atoms with Gasteiger partial charge in [-0.1, -0.05) is 15.9 Å². The third kappa shape index (κ3) is 7.82. The van der Waals surface area contributed by atoms with Crippen molar-refractivity contribution in [2.24, 2.45) is 5.73 Å². The Morgan fingerprint density at radius 1 is 1.37 bits per heavy atom. The van der Waals surface area contributed by atoms with Gasteiger partial charge >= 0.3 is 0 Å². The lowest BCUT2D eigenvalue weighted by molar-refractivity contribution is -0.120. The summed E-state index contributed by atoms with van der Waals surface area (Å²) in [6, 6.07) is 8.17. The number of benzene rings is 1. The van der Waals surface area contributed by atoms with E-state index in [1.807, 2.05) is 12.1 Å².